The van der Waals surface area contributed by atoms with Gasteiger partial charge in [0.25, 0.3) is 0 Å². The number of likely N-dealkylation sites (N-methyl/N-ethyl adjacent to an activating group) is 1. The zero-order chi connectivity index (χ0) is 18.4. The van der Waals surface area contributed by atoms with E-state index in [4.69, 9.17) is 0 Å². The van der Waals surface area contributed by atoms with Crippen molar-refractivity contribution >= 4 is 21.6 Å². The van der Waals surface area contributed by atoms with Crippen molar-refractivity contribution in [3.05, 3.63) is 24.3 Å². The molecule has 0 aliphatic heterocycles. The van der Waals surface area contributed by atoms with Gasteiger partial charge in [0, 0.05) is 25.8 Å². The molecule has 1 aromatic carbocycles. The molecule has 0 unspecified atom stereocenters. The smallest absolute Gasteiger partial charge is 0.242 e. The molecule has 0 atom stereocenters. The number of nitrogens with one attached hydrogen (secondary N) is 1. The van der Waals surface area contributed by atoms with E-state index in [1.54, 1.807) is 12.1 Å². The summed E-state index contributed by atoms with van der Waals surface area (Å²) in [5.74, 6) is -0.0741. The number of benzene rings is 1. The number of rotatable bonds is 6. The molecule has 140 valence electrons. The van der Waals surface area contributed by atoms with Crippen molar-refractivity contribution in [1.82, 2.24) is 9.21 Å². The van der Waals surface area contributed by atoms with Crippen molar-refractivity contribution in [2.75, 3.05) is 33.0 Å². The number of anilines is 1. The topological polar surface area (TPSA) is 69.7 Å². The monoisotopic (exact) mass is 367 g/mol. The van der Waals surface area contributed by atoms with Crippen molar-refractivity contribution in [2.45, 2.75) is 49.5 Å². The zero-order valence-electron chi connectivity index (χ0n) is 15.4. The number of amides is 1. The summed E-state index contributed by atoms with van der Waals surface area (Å²) >= 11 is 0. The van der Waals surface area contributed by atoms with Crippen LogP contribution in [0.15, 0.2) is 29.2 Å². The number of sulfonamides is 1. The highest BCUT2D eigenvalue weighted by Crippen LogP contribution is 2.21. The van der Waals surface area contributed by atoms with E-state index < -0.39 is 10.0 Å². The van der Waals surface area contributed by atoms with Gasteiger partial charge in [-0.1, -0.05) is 25.7 Å². The van der Waals surface area contributed by atoms with Crippen LogP contribution in [0.2, 0.25) is 0 Å². The average Bonchev–Trinajstić information content (AvgIpc) is 2.84. The van der Waals surface area contributed by atoms with Gasteiger partial charge in [-0.05, 0) is 44.2 Å². The first-order valence-corrected chi connectivity index (χ1v) is 10.3. The minimum absolute atomic E-state index is 0.0741. The molecule has 2 rings (SSSR count). The van der Waals surface area contributed by atoms with E-state index >= 15 is 0 Å². The van der Waals surface area contributed by atoms with Gasteiger partial charge in [-0.25, -0.2) is 12.7 Å². The maximum atomic E-state index is 12.3. The Morgan fingerprint density at radius 1 is 1.04 bits per heavy atom. The van der Waals surface area contributed by atoms with E-state index in [0.29, 0.717) is 18.3 Å². The summed E-state index contributed by atoms with van der Waals surface area (Å²) in [5, 5.41) is 2.85. The molecule has 1 saturated carbocycles. The van der Waals surface area contributed by atoms with E-state index in [9.17, 15) is 13.2 Å². The van der Waals surface area contributed by atoms with Crippen molar-refractivity contribution in [1.29, 1.82) is 0 Å². The second-order valence-electron chi connectivity index (χ2n) is 6.92. The summed E-state index contributed by atoms with van der Waals surface area (Å²) in [5.41, 5.74) is 0.608. The normalized spacial score (nSPS) is 16.8. The summed E-state index contributed by atoms with van der Waals surface area (Å²) in [4.78, 5) is 14.6. The SMILES string of the molecule is CN(CC(=O)Nc1ccc(S(=O)(=O)N(C)C)cc1)C1CCCCCC1. The van der Waals surface area contributed by atoms with Crippen molar-refractivity contribution < 1.29 is 13.2 Å². The molecule has 0 spiro atoms. The van der Waals surface area contributed by atoms with Gasteiger partial charge < -0.3 is 5.32 Å². The molecule has 25 heavy (non-hydrogen) atoms. The van der Waals surface area contributed by atoms with E-state index in [1.807, 2.05) is 7.05 Å². The summed E-state index contributed by atoms with van der Waals surface area (Å²) in [6.45, 7) is 0.350. The van der Waals surface area contributed by atoms with Crippen molar-refractivity contribution in [2.24, 2.45) is 0 Å². The van der Waals surface area contributed by atoms with E-state index in [1.165, 1.54) is 56.2 Å². The highest BCUT2D eigenvalue weighted by Gasteiger charge is 2.20. The predicted octanol–water partition coefficient (Wildman–Crippen LogP) is 2.53. The average molecular weight is 368 g/mol. The second-order valence-corrected chi connectivity index (χ2v) is 9.07. The Balaban J connectivity index is 1.92. The number of nitrogens with zero attached hydrogens (tertiary/aromatic N) is 2. The van der Waals surface area contributed by atoms with Crippen molar-refractivity contribution in [3.63, 3.8) is 0 Å². The van der Waals surface area contributed by atoms with Gasteiger partial charge in [0.1, 0.15) is 0 Å². The molecule has 7 heteroatoms. The molecular formula is C18H29N3O3S. The van der Waals surface area contributed by atoms with E-state index in [-0.39, 0.29) is 10.8 Å². The van der Waals surface area contributed by atoms with Gasteiger partial charge in [-0.3, -0.25) is 9.69 Å². The number of carbonyl (C=O) groups excluding carboxylic acids is 1. The summed E-state index contributed by atoms with van der Waals surface area (Å²) in [6.07, 6.45) is 7.36. The Hall–Kier alpha value is -1.44. The Morgan fingerprint density at radius 3 is 2.12 bits per heavy atom. The Morgan fingerprint density at radius 2 is 1.60 bits per heavy atom. The summed E-state index contributed by atoms with van der Waals surface area (Å²) in [7, 11) is 1.54. The highest BCUT2D eigenvalue weighted by atomic mass is 32.2. The Kier molecular flexibility index (Phi) is 6.98. The van der Waals surface area contributed by atoms with Gasteiger partial charge in [0.05, 0.1) is 11.4 Å². The van der Waals surface area contributed by atoms with Crippen LogP contribution >= 0.6 is 0 Å². The first kappa shape index (κ1) is 19.9. The Bertz CT molecular complexity index is 663. The molecule has 0 aromatic heterocycles. The van der Waals surface area contributed by atoms with Gasteiger partial charge >= 0.3 is 0 Å². The van der Waals surface area contributed by atoms with Gasteiger partial charge in [-0.15, -0.1) is 0 Å². The van der Waals surface area contributed by atoms with Crippen LogP contribution in [0.1, 0.15) is 38.5 Å². The first-order chi connectivity index (χ1) is 11.8. The molecule has 1 fully saturated rings. The molecule has 6 nitrogen and oxygen atoms in total. The third kappa shape index (κ3) is 5.52. The number of hydrogen-bond acceptors (Lipinski definition) is 4. The van der Waals surface area contributed by atoms with Gasteiger partial charge in [0.2, 0.25) is 15.9 Å². The van der Waals surface area contributed by atoms with Crippen LogP contribution in [-0.4, -0.2) is 57.3 Å². The quantitative estimate of drug-likeness (QED) is 0.785. The largest absolute Gasteiger partial charge is 0.325 e. The van der Waals surface area contributed by atoms with Crippen molar-refractivity contribution in [3.8, 4) is 0 Å². The van der Waals surface area contributed by atoms with Crippen LogP contribution in [-0.2, 0) is 14.8 Å². The van der Waals surface area contributed by atoms with Crippen LogP contribution in [0.25, 0.3) is 0 Å². The summed E-state index contributed by atoms with van der Waals surface area (Å²) in [6, 6.07) is 6.75. The fourth-order valence-corrected chi connectivity index (χ4v) is 4.08. The minimum atomic E-state index is -3.45. The van der Waals surface area contributed by atoms with Crippen LogP contribution < -0.4 is 5.32 Å². The molecule has 1 N–H and O–H groups in total. The first-order valence-electron chi connectivity index (χ1n) is 8.83. The maximum Gasteiger partial charge on any atom is 0.242 e. The fraction of sp³-hybridized carbons (Fsp3) is 0.611. The molecule has 1 aromatic rings. The van der Waals surface area contributed by atoms with Gasteiger partial charge in [0.15, 0.2) is 0 Å². The maximum absolute atomic E-state index is 12.3. The lowest BCUT2D eigenvalue weighted by Gasteiger charge is -2.26. The number of hydrogen-bond donors (Lipinski definition) is 1. The molecule has 0 heterocycles. The van der Waals surface area contributed by atoms with Crippen LogP contribution in [0.4, 0.5) is 5.69 Å². The number of carbonyl (C=O) groups is 1. The molecule has 1 aliphatic carbocycles. The van der Waals surface area contributed by atoms with Crippen LogP contribution in [0.5, 0.6) is 0 Å². The van der Waals surface area contributed by atoms with Crippen LogP contribution in [0, 0.1) is 0 Å². The van der Waals surface area contributed by atoms with Gasteiger partial charge in [-0.2, -0.15) is 0 Å². The van der Waals surface area contributed by atoms with E-state index in [2.05, 4.69) is 10.2 Å². The lowest BCUT2D eigenvalue weighted by molar-refractivity contribution is -0.117. The predicted molar refractivity (Wildman–Crippen MR) is 100 cm³/mol. The fourth-order valence-electron chi connectivity index (χ4n) is 3.18. The highest BCUT2D eigenvalue weighted by molar-refractivity contribution is 7.89. The third-order valence-corrected chi connectivity index (χ3v) is 6.59. The van der Waals surface area contributed by atoms with Crippen LogP contribution in [0.3, 0.4) is 0 Å². The molecule has 0 radical (unpaired) electrons. The summed E-state index contributed by atoms with van der Waals surface area (Å²) < 4.78 is 25.3. The molecular weight excluding hydrogens is 338 g/mol. The Labute approximate surface area is 151 Å². The lowest BCUT2D eigenvalue weighted by atomic mass is 10.1. The lowest BCUT2D eigenvalue weighted by Crippen LogP contribution is -2.37. The third-order valence-electron chi connectivity index (χ3n) is 4.76. The molecule has 1 amide bonds. The molecule has 0 bridgehead atoms. The second kappa shape index (κ2) is 8.78. The minimum Gasteiger partial charge on any atom is -0.325 e. The zero-order valence-corrected chi connectivity index (χ0v) is 16.2. The molecule has 1 aliphatic rings. The molecule has 0 saturated heterocycles. The van der Waals surface area contributed by atoms with E-state index in [0.717, 1.165) is 12.8 Å². The standard InChI is InChI=1S/C18H29N3O3S/c1-20(2)25(23,24)17-12-10-15(11-13-17)19-18(22)14-21(3)16-8-6-4-5-7-9-16/h10-13,16H,4-9,14H2,1-3H3,(H,19,22).